The van der Waals surface area contributed by atoms with E-state index in [0.29, 0.717) is 84.3 Å². The van der Waals surface area contributed by atoms with Crippen molar-refractivity contribution >= 4 is 242 Å². The van der Waals surface area contributed by atoms with E-state index in [4.69, 9.17) is 136 Å². The van der Waals surface area contributed by atoms with E-state index in [1.807, 2.05) is 66.7 Å². The second-order valence-corrected chi connectivity index (χ2v) is 33.3. The van der Waals surface area contributed by atoms with Crippen LogP contribution in [0.3, 0.4) is 0 Å². The van der Waals surface area contributed by atoms with Crippen LogP contribution in [0.4, 0.5) is 22.7 Å². The molecule has 712 valence electrons. The number of aromatic hydroxyl groups is 1. The number of hydrogen-bond donors (Lipinski definition) is 5. The van der Waals surface area contributed by atoms with E-state index in [1.54, 1.807) is 134 Å². The molecule has 0 bridgehead atoms. The van der Waals surface area contributed by atoms with Crippen LogP contribution < -0.4 is 79.2 Å². The summed E-state index contributed by atoms with van der Waals surface area (Å²) < 4.78 is 41.0. The van der Waals surface area contributed by atoms with Crippen LogP contribution >= 0.6 is 132 Å². The van der Waals surface area contributed by atoms with Crippen LogP contribution in [0.1, 0.15) is 149 Å². The minimum Gasteiger partial charge on any atom is -0.493 e. The van der Waals surface area contributed by atoms with Gasteiger partial charge in [-0.25, -0.2) is 14.7 Å². The van der Waals surface area contributed by atoms with Crippen molar-refractivity contribution in [1.82, 2.24) is 40.5 Å². The third kappa shape index (κ3) is 21.9. The lowest BCUT2D eigenvalue weighted by Crippen LogP contribution is -2.38. The second kappa shape index (κ2) is 46.7. The molecule has 13 heterocycles. The Balaban J connectivity index is 0.000000145. The first-order valence-corrected chi connectivity index (χ1v) is 45.0. The highest BCUT2D eigenvalue weighted by Gasteiger charge is 2.44. The van der Waals surface area contributed by atoms with Gasteiger partial charge < -0.3 is 58.5 Å². The molecule has 6 amide bonds. The summed E-state index contributed by atoms with van der Waals surface area (Å²) in [5.74, 6) is -2.99. The van der Waals surface area contributed by atoms with Gasteiger partial charge in [-0.05, 0) is 98.1 Å². The molecular formula is C99H80Br2N12O19S8. The number of aromatic nitrogens is 5. The minimum atomic E-state index is -1.09. The highest BCUT2D eigenvalue weighted by molar-refractivity contribution is 8.93. The van der Waals surface area contributed by atoms with Crippen LogP contribution in [0.25, 0.3) is 0 Å². The van der Waals surface area contributed by atoms with Crippen molar-refractivity contribution in [2.24, 2.45) is 0 Å². The number of nitrogens with one attached hydrogen (secondary N) is 4. The number of nitrogens with zero attached hydrogens (tertiary/aromatic N) is 8. The number of thiocarbonyl (C=S) groups is 8. The number of ether oxygens (including phenoxy) is 8. The van der Waals surface area contributed by atoms with Crippen LogP contribution in [0.5, 0.6) is 52.8 Å². The summed E-state index contributed by atoms with van der Waals surface area (Å²) in [6.07, 6.45) is 9.93. The molecule has 0 radical (unpaired) electrons. The van der Waals surface area contributed by atoms with Gasteiger partial charge in [0.25, 0.3) is 46.6 Å². The number of para-hydroxylation sites is 1. The summed E-state index contributed by atoms with van der Waals surface area (Å²) in [4.78, 5) is 152. The molecule has 0 saturated carbocycles. The van der Waals surface area contributed by atoms with E-state index in [9.17, 15) is 53.1 Å². The molecule has 5 aromatic heterocycles. The van der Waals surface area contributed by atoms with E-state index in [1.165, 1.54) is 78.7 Å². The third-order valence-electron chi connectivity index (χ3n) is 21.9. The zero-order valence-corrected chi connectivity index (χ0v) is 84.7. The van der Waals surface area contributed by atoms with E-state index in [-0.39, 0.29) is 97.5 Å². The predicted molar refractivity (Wildman–Crippen MR) is 568 cm³/mol. The number of benzene rings is 7. The number of imide groups is 3. The Hall–Kier alpha value is -14.5. The Labute approximate surface area is 863 Å². The standard InChI is InChI=1S/C16H13NO5.C15H12N2O4.C15H12N2O2S2.C14H10N2O4.C14H13NS2.C13H8N2O4.C8H5NS2.C4H5NS2.2BrH/c1-20-12-8-7-10(15(17-12)21-2)13-14(18)9-5-3-4-6-11(9)22-16(13)19;1-20-12-8-7-11(13(16-12)21-2)17-14(18)9-5-3-4-6-10(9)15(17)19;1-18-12-8-7-11(13(16-12)19-2)17-14(20)9-5-3-4-6-10(9)15(17)21;1-20-11-7-6-10(12(17)15-11)16-13(18)8-4-2-3-5-9(8)14(16)19;16-13-11-8-4-5-9-12(11)14(17)15(13)10-6-2-1-3-7-10;16-10-6-5-9(11(17)14-10)15-12(18)7-3-1-2-4-8(7)13(15)19;10-7-5-3-1-2-4-6(5)8(11)9-7;6-3-1-2-4(7)5-3;;/h3-8,13H,1-2H3;2*3-8H,1-2H3;2-7H,1H3,(H,15,17);2,4-6,8-10H,1,3,7H2;1-6H,(H2,14,16,17);1-4H,(H,9,10,11);1-2H2,(H,5,6,7);2*1H. The quantitative estimate of drug-likeness (QED) is 0.0179. The van der Waals surface area contributed by atoms with Crippen molar-refractivity contribution in [3.8, 4) is 52.8 Å². The van der Waals surface area contributed by atoms with Gasteiger partial charge >= 0.3 is 5.97 Å². The van der Waals surface area contributed by atoms with Crippen LogP contribution in [-0.4, -0.2) is 178 Å². The first-order valence-electron chi connectivity index (χ1n) is 41.7. The third-order valence-corrected chi connectivity index (χ3v) is 24.8. The molecule has 1 fully saturated rings. The second-order valence-electron chi connectivity index (χ2n) is 29.9. The molecule has 12 aromatic rings. The van der Waals surface area contributed by atoms with E-state index >= 15 is 0 Å². The minimum absolute atomic E-state index is 0. The Bertz CT molecular complexity index is 6900. The van der Waals surface area contributed by atoms with Crippen LogP contribution in [0.15, 0.2) is 252 Å². The van der Waals surface area contributed by atoms with Crippen molar-refractivity contribution in [2.45, 2.75) is 44.1 Å². The topological polar surface area (TPSA) is 375 Å². The zero-order valence-electron chi connectivity index (χ0n) is 74.7. The Kier molecular flexibility index (Phi) is 34.9. The largest absolute Gasteiger partial charge is 0.493 e. The number of amides is 6. The summed E-state index contributed by atoms with van der Waals surface area (Å²) >= 11 is 41.9. The molecular weight excluding hydrogens is 2080 g/mol. The number of pyridine rings is 5. The summed E-state index contributed by atoms with van der Waals surface area (Å²) in [5.41, 5.74) is 8.74. The van der Waals surface area contributed by atoms with Gasteiger partial charge in [-0.3, -0.25) is 62.8 Å². The van der Waals surface area contributed by atoms with Gasteiger partial charge in [0.05, 0.1) is 105 Å². The lowest BCUT2D eigenvalue weighted by atomic mass is 9.89. The van der Waals surface area contributed by atoms with Gasteiger partial charge in [0.15, 0.2) is 17.6 Å². The van der Waals surface area contributed by atoms with Crippen LogP contribution in [0.2, 0.25) is 0 Å². The number of carbonyl (C=O) groups excluding carboxylic acids is 8. The molecule has 31 nitrogen and oxygen atoms in total. The number of allylic oxidation sites excluding steroid dienone is 1. The summed E-state index contributed by atoms with van der Waals surface area (Å²) in [6, 6.07) is 65.5. The number of fused-ring (bicyclic) bond motifs is 7. The van der Waals surface area contributed by atoms with Gasteiger partial charge in [0.1, 0.15) is 58.4 Å². The van der Waals surface area contributed by atoms with Crippen LogP contribution in [0, 0.1) is 0 Å². The molecule has 0 spiro atoms. The fourth-order valence-corrected chi connectivity index (χ4v) is 18.0. The zero-order chi connectivity index (χ0) is 98.4. The monoisotopic (exact) mass is 2150 g/mol. The molecule has 21 rings (SSSR count). The number of anilines is 4. The smallest absolute Gasteiger partial charge is 0.327 e. The molecule has 140 heavy (non-hydrogen) atoms. The molecule has 2 unspecified atom stereocenters. The van der Waals surface area contributed by atoms with Crippen molar-refractivity contribution in [1.29, 1.82) is 0 Å². The van der Waals surface area contributed by atoms with Crippen molar-refractivity contribution in [3.63, 3.8) is 0 Å². The van der Waals surface area contributed by atoms with Gasteiger partial charge in [0, 0.05) is 82.1 Å². The molecule has 5 N–H and O–H groups in total. The van der Waals surface area contributed by atoms with Gasteiger partial charge in [-0.2, -0.15) is 15.0 Å². The lowest BCUT2D eigenvalue weighted by Gasteiger charge is -2.29. The maximum absolute atomic E-state index is 12.6. The molecule has 7 aromatic carbocycles. The number of H-pyrrole nitrogens is 2. The Morgan fingerprint density at radius 2 is 0.729 bits per heavy atom. The molecule has 1 saturated heterocycles. The number of hydrogen-bond acceptors (Lipinski definition) is 30. The Morgan fingerprint density at radius 1 is 0.364 bits per heavy atom. The molecule has 41 heteroatoms. The fourth-order valence-electron chi connectivity index (χ4n) is 15.2. The normalized spacial score (nSPS) is 15.4. The van der Waals surface area contributed by atoms with E-state index in [0.717, 1.165) is 103 Å². The molecule has 1 aliphatic carbocycles. The van der Waals surface area contributed by atoms with Gasteiger partial charge in [-0.15, -0.1) is 34.0 Å². The van der Waals surface area contributed by atoms with Crippen LogP contribution in [-0.2, 0) is 4.79 Å². The number of esters is 1. The fraction of sp³-hybridized carbons (Fsp3) is 0.141. The summed E-state index contributed by atoms with van der Waals surface area (Å²) in [5, 5.41) is 15.5. The number of aromatic amines is 2. The highest BCUT2D eigenvalue weighted by atomic mass is 79.9. The lowest BCUT2D eigenvalue weighted by molar-refractivity contribution is -0.135. The number of halogens is 2. The summed E-state index contributed by atoms with van der Waals surface area (Å²) in [7, 11) is 10.3. The van der Waals surface area contributed by atoms with E-state index in [2.05, 4.69) is 64.7 Å². The number of carbonyl (C=O) groups is 8. The number of methoxy groups -OCH3 is 7. The van der Waals surface area contributed by atoms with E-state index < -0.39 is 52.5 Å². The number of rotatable bonds is 13. The van der Waals surface area contributed by atoms with Crippen molar-refractivity contribution < 1.29 is 81.4 Å². The maximum atomic E-state index is 12.6. The molecule has 9 aliphatic rings. The molecule has 2 atom stereocenters. The Morgan fingerprint density at radius 3 is 1.11 bits per heavy atom. The average molecular weight is 2160 g/mol. The average Bonchev–Trinajstić information content (AvgIpc) is 1.72. The first-order chi connectivity index (χ1) is 66.6. The number of ketones is 1. The molecule has 8 aliphatic heterocycles. The predicted octanol–water partition coefficient (Wildman–Crippen LogP) is 16.2. The number of Topliss-reactive ketones (excluding diaryl/α,β-unsaturated/α-hetero) is 1. The van der Waals surface area contributed by atoms with Crippen molar-refractivity contribution in [3.05, 3.63) is 341 Å². The van der Waals surface area contributed by atoms with Gasteiger partial charge in [0.2, 0.25) is 41.2 Å². The highest BCUT2D eigenvalue weighted by Crippen LogP contribution is 2.42. The summed E-state index contributed by atoms with van der Waals surface area (Å²) in [6.45, 7) is 0. The van der Waals surface area contributed by atoms with Gasteiger partial charge in [-0.1, -0.05) is 231 Å². The first kappa shape index (κ1) is 104. The van der Waals surface area contributed by atoms with Crippen molar-refractivity contribution in [2.75, 3.05) is 69.4 Å². The SMILES string of the molecule is Br.Br.COc1ccc(C2C(=O)Oc3ccccc3C2=O)c(OC)n1.COc1ccc(N2C(=O)c3ccccc3C2=O)c(=O)[nH]1.COc1ccc(N2C(=O)c3ccccc3C2=O)c(OC)n1.COc1ccc(N2C(=S)c3ccccc3C2=S)c(OC)n1.O=C1c2ccccc2C(=O)N1c1ccc(=O)[nH]c1O.S=C1CCC(=S)N1.S=C1NC(=S)c2ccccc21.S=C1c2ccccc2C(=S)N1C1C=CCCC1. The maximum Gasteiger partial charge on any atom is 0.327 e.